The number of fused-ring (bicyclic) bond motifs is 1. The number of nitrogens with one attached hydrogen (secondary N) is 2. The van der Waals surface area contributed by atoms with Gasteiger partial charge in [-0.3, -0.25) is 0 Å². The number of benzene rings is 2. The van der Waals surface area contributed by atoms with Gasteiger partial charge in [0, 0.05) is 23.2 Å². The van der Waals surface area contributed by atoms with Crippen molar-refractivity contribution >= 4 is 5.69 Å². The summed E-state index contributed by atoms with van der Waals surface area (Å²) in [6.07, 6.45) is 1.04. The van der Waals surface area contributed by atoms with E-state index in [2.05, 4.69) is 23.6 Å². The zero-order valence-corrected chi connectivity index (χ0v) is 12.5. The monoisotopic (exact) mass is 284 g/mol. The summed E-state index contributed by atoms with van der Waals surface area (Å²) in [5.41, 5.74) is 4.11. The molecule has 2 nitrogen and oxygen atoms in total. The van der Waals surface area contributed by atoms with E-state index in [9.17, 15) is 4.39 Å². The molecule has 1 heterocycles. The number of hydrogen-bond acceptors (Lipinski definition) is 2. The molecule has 0 saturated heterocycles. The minimum atomic E-state index is -0.155. The molecule has 0 fully saturated rings. The Balaban J connectivity index is 2.09. The van der Waals surface area contributed by atoms with Crippen molar-refractivity contribution < 1.29 is 4.39 Å². The van der Waals surface area contributed by atoms with Gasteiger partial charge in [-0.25, -0.2) is 4.39 Å². The molecule has 2 aromatic carbocycles. The molecule has 0 saturated carbocycles. The summed E-state index contributed by atoms with van der Waals surface area (Å²) < 4.78 is 14.2. The standard InChI is InChI=1S/C18H21FN2/c1-12-13(10-11-20-2)18-15(7-5-9-17(18)21-12)14-6-3-4-8-16(14)19/h3-9,12-13,20-21H,10-11H2,1-2H3. The molecule has 1 aliphatic rings. The van der Waals surface area contributed by atoms with Crippen molar-refractivity contribution in [3.8, 4) is 11.1 Å². The average molecular weight is 284 g/mol. The molecule has 0 aliphatic carbocycles. The van der Waals surface area contributed by atoms with E-state index in [1.807, 2.05) is 31.3 Å². The Bertz CT molecular complexity index is 639. The van der Waals surface area contributed by atoms with Crippen molar-refractivity contribution in [1.29, 1.82) is 0 Å². The molecule has 1 aliphatic heterocycles. The number of rotatable bonds is 4. The third kappa shape index (κ3) is 2.54. The Labute approximate surface area is 125 Å². The topological polar surface area (TPSA) is 24.1 Å². The van der Waals surface area contributed by atoms with E-state index < -0.39 is 0 Å². The van der Waals surface area contributed by atoms with Crippen LogP contribution in [-0.4, -0.2) is 19.6 Å². The van der Waals surface area contributed by atoms with Crippen LogP contribution in [0, 0.1) is 5.82 Å². The average Bonchev–Trinajstić information content (AvgIpc) is 2.81. The van der Waals surface area contributed by atoms with E-state index in [1.165, 1.54) is 11.6 Å². The Morgan fingerprint density at radius 2 is 1.86 bits per heavy atom. The van der Waals surface area contributed by atoms with Crippen LogP contribution in [0.4, 0.5) is 10.1 Å². The SMILES string of the molecule is CNCCC1c2c(cccc2-c2ccccc2F)NC1C. The van der Waals surface area contributed by atoms with E-state index in [0.717, 1.165) is 24.2 Å². The van der Waals surface area contributed by atoms with Crippen LogP contribution in [0.3, 0.4) is 0 Å². The molecule has 0 aromatic heterocycles. The lowest BCUT2D eigenvalue weighted by molar-refractivity contribution is 0.563. The van der Waals surface area contributed by atoms with Gasteiger partial charge in [0.2, 0.25) is 0 Å². The van der Waals surface area contributed by atoms with E-state index in [-0.39, 0.29) is 5.82 Å². The summed E-state index contributed by atoms with van der Waals surface area (Å²) in [6.45, 7) is 3.16. The van der Waals surface area contributed by atoms with Gasteiger partial charge in [-0.05, 0) is 50.2 Å². The van der Waals surface area contributed by atoms with Gasteiger partial charge in [0.05, 0.1) is 0 Å². The molecular formula is C18H21FN2. The lowest BCUT2D eigenvalue weighted by atomic mass is 9.86. The fraction of sp³-hybridized carbons (Fsp3) is 0.333. The molecule has 0 radical (unpaired) electrons. The summed E-state index contributed by atoms with van der Waals surface area (Å²) in [5, 5.41) is 6.75. The summed E-state index contributed by atoms with van der Waals surface area (Å²) in [5.74, 6) is 0.251. The Hall–Kier alpha value is -1.87. The number of hydrogen-bond donors (Lipinski definition) is 2. The Morgan fingerprint density at radius 3 is 2.62 bits per heavy atom. The van der Waals surface area contributed by atoms with Crippen molar-refractivity contribution in [3.05, 3.63) is 53.8 Å². The van der Waals surface area contributed by atoms with Crippen LogP contribution in [-0.2, 0) is 0 Å². The van der Waals surface area contributed by atoms with Gasteiger partial charge >= 0.3 is 0 Å². The first-order chi connectivity index (χ1) is 10.2. The summed E-state index contributed by atoms with van der Waals surface area (Å²) >= 11 is 0. The van der Waals surface area contributed by atoms with E-state index in [0.29, 0.717) is 17.5 Å². The minimum absolute atomic E-state index is 0.155. The van der Waals surface area contributed by atoms with Gasteiger partial charge in [0.25, 0.3) is 0 Å². The maximum atomic E-state index is 14.2. The first-order valence-corrected chi connectivity index (χ1v) is 7.51. The van der Waals surface area contributed by atoms with Crippen molar-refractivity contribution in [2.45, 2.75) is 25.3 Å². The molecule has 0 bridgehead atoms. The highest BCUT2D eigenvalue weighted by Gasteiger charge is 2.31. The van der Waals surface area contributed by atoms with E-state index in [4.69, 9.17) is 0 Å². The maximum Gasteiger partial charge on any atom is 0.131 e. The minimum Gasteiger partial charge on any atom is -0.382 e. The highest BCUT2D eigenvalue weighted by atomic mass is 19.1. The normalized spacial score (nSPS) is 20.1. The Kier molecular flexibility index (Phi) is 3.93. The van der Waals surface area contributed by atoms with Gasteiger partial charge in [-0.1, -0.05) is 30.3 Å². The number of halogens is 1. The molecule has 0 spiro atoms. The van der Waals surface area contributed by atoms with Crippen molar-refractivity contribution in [1.82, 2.24) is 5.32 Å². The van der Waals surface area contributed by atoms with Gasteiger partial charge in [0.15, 0.2) is 0 Å². The molecular weight excluding hydrogens is 263 g/mol. The van der Waals surface area contributed by atoms with Crippen molar-refractivity contribution in [3.63, 3.8) is 0 Å². The van der Waals surface area contributed by atoms with E-state index >= 15 is 0 Å². The lowest BCUT2D eigenvalue weighted by Crippen LogP contribution is -2.20. The second-order valence-corrected chi connectivity index (χ2v) is 5.68. The molecule has 2 unspecified atom stereocenters. The van der Waals surface area contributed by atoms with Crippen LogP contribution < -0.4 is 10.6 Å². The largest absolute Gasteiger partial charge is 0.382 e. The first-order valence-electron chi connectivity index (χ1n) is 7.51. The van der Waals surface area contributed by atoms with Gasteiger partial charge in [-0.15, -0.1) is 0 Å². The number of anilines is 1. The van der Waals surface area contributed by atoms with Gasteiger partial charge < -0.3 is 10.6 Å². The molecule has 2 aromatic rings. The van der Waals surface area contributed by atoms with Crippen LogP contribution in [0.2, 0.25) is 0 Å². The van der Waals surface area contributed by atoms with Crippen LogP contribution in [0.5, 0.6) is 0 Å². The third-order valence-corrected chi connectivity index (χ3v) is 4.33. The molecule has 2 N–H and O–H groups in total. The first kappa shape index (κ1) is 14.1. The summed E-state index contributed by atoms with van der Waals surface area (Å²) in [4.78, 5) is 0. The molecule has 0 amide bonds. The summed E-state index contributed by atoms with van der Waals surface area (Å²) in [7, 11) is 1.97. The van der Waals surface area contributed by atoms with Crippen LogP contribution in [0.15, 0.2) is 42.5 Å². The van der Waals surface area contributed by atoms with Gasteiger partial charge in [-0.2, -0.15) is 0 Å². The molecule has 3 rings (SSSR count). The summed E-state index contributed by atoms with van der Waals surface area (Å²) in [6, 6.07) is 13.5. The second kappa shape index (κ2) is 5.86. The van der Waals surface area contributed by atoms with Crippen molar-refractivity contribution in [2.24, 2.45) is 0 Å². The molecule has 2 atom stereocenters. The smallest absolute Gasteiger partial charge is 0.131 e. The molecule has 21 heavy (non-hydrogen) atoms. The molecule has 3 heteroatoms. The third-order valence-electron chi connectivity index (χ3n) is 4.33. The fourth-order valence-corrected chi connectivity index (χ4v) is 3.30. The zero-order chi connectivity index (χ0) is 14.8. The van der Waals surface area contributed by atoms with Crippen LogP contribution in [0.1, 0.15) is 24.8 Å². The van der Waals surface area contributed by atoms with Crippen molar-refractivity contribution in [2.75, 3.05) is 18.9 Å². The van der Waals surface area contributed by atoms with Gasteiger partial charge in [0.1, 0.15) is 5.82 Å². The fourth-order valence-electron chi connectivity index (χ4n) is 3.30. The second-order valence-electron chi connectivity index (χ2n) is 5.68. The van der Waals surface area contributed by atoms with Crippen LogP contribution >= 0.6 is 0 Å². The van der Waals surface area contributed by atoms with E-state index in [1.54, 1.807) is 6.07 Å². The zero-order valence-electron chi connectivity index (χ0n) is 12.5. The highest BCUT2D eigenvalue weighted by molar-refractivity contribution is 5.77. The van der Waals surface area contributed by atoms with Crippen LogP contribution in [0.25, 0.3) is 11.1 Å². The predicted octanol–water partition coefficient (Wildman–Crippen LogP) is 4.00. The highest BCUT2D eigenvalue weighted by Crippen LogP contribution is 2.44. The molecule has 110 valence electrons. The maximum absolute atomic E-state index is 14.2. The lowest BCUT2D eigenvalue weighted by Gasteiger charge is -2.18. The predicted molar refractivity (Wildman–Crippen MR) is 86.2 cm³/mol. The quantitative estimate of drug-likeness (QED) is 0.886. The Morgan fingerprint density at radius 1 is 1.10 bits per heavy atom.